The Morgan fingerprint density at radius 1 is 1.13 bits per heavy atom. The van der Waals surface area contributed by atoms with E-state index in [1.807, 2.05) is 0 Å². The Hall–Kier alpha value is -2.81. The van der Waals surface area contributed by atoms with E-state index in [1.54, 1.807) is 4.90 Å². The van der Waals surface area contributed by atoms with Crippen molar-refractivity contribution in [2.24, 2.45) is 5.92 Å². The zero-order valence-electron chi connectivity index (χ0n) is 17.9. The number of hydrogen-bond acceptors (Lipinski definition) is 5. The smallest absolute Gasteiger partial charge is 0.264 e. The third-order valence-electron chi connectivity index (χ3n) is 5.35. The maximum absolute atomic E-state index is 13.5. The van der Waals surface area contributed by atoms with Gasteiger partial charge in [0.1, 0.15) is 12.4 Å². The molecule has 0 saturated carbocycles. The molecule has 0 radical (unpaired) electrons. The van der Waals surface area contributed by atoms with Crippen LogP contribution in [0.4, 0.5) is 10.1 Å². The molecule has 1 amide bonds. The molecule has 2 aromatic rings. The first kappa shape index (κ1) is 22.9. The van der Waals surface area contributed by atoms with Crippen LogP contribution in [0, 0.1) is 11.7 Å². The van der Waals surface area contributed by atoms with E-state index in [-0.39, 0.29) is 28.8 Å². The SMILES string of the molecule is COc1ccc(S(=O)(=O)N(CC(=O)N2CCC[C@@H](C)C2)c2ccc(F)cc2)cc1OC. The van der Waals surface area contributed by atoms with Crippen LogP contribution in [-0.4, -0.2) is 53.1 Å². The van der Waals surface area contributed by atoms with Gasteiger partial charge in [0.25, 0.3) is 10.0 Å². The van der Waals surface area contributed by atoms with Gasteiger partial charge in [-0.15, -0.1) is 0 Å². The number of piperidine rings is 1. The van der Waals surface area contributed by atoms with Gasteiger partial charge in [-0.25, -0.2) is 12.8 Å². The maximum atomic E-state index is 13.5. The minimum atomic E-state index is -4.14. The lowest BCUT2D eigenvalue weighted by Crippen LogP contribution is -2.46. The van der Waals surface area contributed by atoms with Crippen LogP contribution >= 0.6 is 0 Å². The summed E-state index contributed by atoms with van der Waals surface area (Å²) in [5, 5.41) is 0. The van der Waals surface area contributed by atoms with E-state index >= 15 is 0 Å². The summed E-state index contributed by atoms with van der Waals surface area (Å²) in [7, 11) is -1.28. The molecule has 1 atom stereocenters. The zero-order chi connectivity index (χ0) is 22.6. The molecule has 7 nitrogen and oxygen atoms in total. The van der Waals surface area contributed by atoms with Crippen molar-refractivity contribution < 1.29 is 27.1 Å². The number of halogens is 1. The quantitative estimate of drug-likeness (QED) is 0.647. The third kappa shape index (κ3) is 5.10. The Balaban J connectivity index is 1.99. The molecule has 0 spiro atoms. The van der Waals surface area contributed by atoms with Gasteiger partial charge >= 0.3 is 0 Å². The largest absolute Gasteiger partial charge is 0.493 e. The van der Waals surface area contributed by atoms with Crippen molar-refractivity contribution in [3.8, 4) is 11.5 Å². The number of likely N-dealkylation sites (tertiary alicyclic amines) is 1. The van der Waals surface area contributed by atoms with E-state index in [9.17, 15) is 17.6 Å². The number of carbonyl (C=O) groups is 1. The van der Waals surface area contributed by atoms with E-state index in [0.717, 1.165) is 17.1 Å². The highest BCUT2D eigenvalue weighted by Gasteiger charge is 2.31. The number of hydrogen-bond donors (Lipinski definition) is 0. The fourth-order valence-corrected chi connectivity index (χ4v) is 5.10. The lowest BCUT2D eigenvalue weighted by molar-refractivity contribution is -0.131. The standard InChI is InChI=1S/C22H27FN2O5S/c1-16-5-4-12-24(14-16)22(26)15-25(18-8-6-17(23)7-9-18)31(27,28)19-10-11-20(29-2)21(13-19)30-3/h6-11,13,16H,4-5,12,14-15H2,1-3H3/t16-/m1/s1. The fourth-order valence-electron chi connectivity index (χ4n) is 3.67. The number of methoxy groups -OCH3 is 2. The van der Waals surface area contributed by atoms with Crippen LogP contribution in [-0.2, 0) is 14.8 Å². The van der Waals surface area contributed by atoms with Crippen LogP contribution in [0.25, 0.3) is 0 Å². The lowest BCUT2D eigenvalue weighted by atomic mass is 10.0. The molecular weight excluding hydrogens is 423 g/mol. The van der Waals surface area contributed by atoms with Gasteiger partial charge in [-0.05, 0) is 55.2 Å². The summed E-state index contributed by atoms with van der Waals surface area (Å²) >= 11 is 0. The number of ether oxygens (including phenoxy) is 2. The van der Waals surface area contributed by atoms with Gasteiger partial charge in [0.15, 0.2) is 11.5 Å². The average molecular weight is 451 g/mol. The second-order valence-electron chi connectivity index (χ2n) is 7.59. The minimum Gasteiger partial charge on any atom is -0.493 e. The molecule has 168 valence electrons. The summed E-state index contributed by atoms with van der Waals surface area (Å²) in [6, 6.07) is 9.25. The molecule has 0 bridgehead atoms. The number of anilines is 1. The van der Waals surface area contributed by atoms with Crippen molar-refractivity contribution in [1.82, 2.24) is 4.90 Å². The third-order valence-corrected chi connectivity index (χ3v) is 7.12. The van der Waals surface area contributed by atoms with Crippen LogP contribution < -0.4 is 13.8 Å². The molecule has 1 aliphatic rings. The number of nitrogens with zero attached hydrogens (tertiary/aromatic N) is 2. The minimum absolute atomic E-state index is 0.0608. The molecule has 3 rings (SSSR count). The topological polar surface area (TPSA) is 76.2 Å². The van der Waals surface area contributed by atoms with Crippen molar-refractivity contribution in [3.63, 3.8) is 0 Å². The van der Waals surface area contributed by atoms with Gasteiger partial charge in [-0.1, -0.05) is 6.92 Å². The molecule has 2 aromatic carbocycles. The molecular formula is C22H27FN2O5S. The van der Waals surface area contributed by atoms with Crippen LogP contribution in [0.1, 0.15) is 19.8 Å². The molecule has 1 heterocycles. The van der Waals surface area contributed by atoms with Crippen LogP contribution in [0.3, 0.4) is 0 Å². The Bertz CT molecular complexity index is 1030. The first-order valence-electron chi connectivity index (χ1n) is 10.0. The first-order valence-corrected chi connectivity index (χ1v) is 11.5. The molecule has 0 aliphatic carbocycles. The number of benzene rings is 2. The van der Waals surface area contributed by atoms with Crippen molar-refractivity contribution in [2.75, 3.05) is 38.2 Å². The highest BCUT2D eigenvalue weighted by atomic mass is 32.2. The van der Waals surface area contributed by atoms with E-state index in [0.29, 0.717) is 24.8 Å². The molecule has 1 saturated heterocycles. The van der Waals surface area contributed by atoms with Crippen LogP contribution in [0.15, 0.2) is 47.4 Å². The number of amides is 1. The Kier molecular flexibility index (Phi) is 7.04. The van der Waals surface area contributed by atoms with Gasteiger partial charge in [-0.3, -0.25) is 9.10 Å². The van der Waals surface area contributed by atoms with Crippen LogP contribution in [0.2, 0.25) is 0 Å². The molecule has 0 N–H and O–H groups in total. The van der Waals surface area contributed by atoms with E-state index < -0.39 is 15.8 Å². The highest BCUT2D eigenvalue weighted by molar-refractivity contribution is 7.92. The van der Waals surface area contributed by atoms with E-state index in [1.165, 1.54) is 56.7 Å². The first-order chi connectivity index (χ1) is 14.8. The summed E-state index contributed by atoms with van der Waals surface area (Å²) in [6.07, 6.45) is 1.92. The molecule has 0 aromatic heterocycles. The second-order valence-corrected chi connectivity index (χ2v) is 9.45. The van der Waals surface area contributed by atoms with Crippen molar-refractivity contribution in [1.29, 1.82) is 0 Å². The molecule has 1 fully saturated rings. The van der Waals surface area contributed by atoms with Crippen LogP contribution in [0.5, 0.6) is 11.5 Å². The highest BCUT2D eigenvalue weighted by Crippen LogP contribution is 2.32. The average Bonchev–Trinajstić information content (AvgIpc) is 2.77. The predicted molar refractivity (Wildman–Crippen MR) is 115 cm³/mol. The second kappa shape index (κ2) is 9.55. The molecule has 31 heavy (non-hydrogen) atoms. The van der Waals surface area contributed by atoms with Crippen molar-refractivity contribution in [2.45, 2.75) is 24.7 Å². The zero-order valence-corrected chi connectivity index (χ0v) is 18.7. The number of rotatable bonds is 7. The normalized spacial score (nSPS) is 16.6. The van der Waals surface area contributed by atoms with Gasteiger partial charge in [0, 0.05) is 19.2 Å². The predicted octanol–water partition coefficient (Wildman–Crippen LogP) is 3.30. The molecule has 1 aliphatic heterocycles. The maximum Gasteiger partial charge on any atom is 0.264 e. The van der Waals surface area contributed by atoms with Crippen molar-refractivity contribution in [3.05, 3.63) is 48.3 Å². The fraction of sp³-hybridized carbons (Fsp3) is 0.409. The summed E-state index contributed by atoms with van der Waals surface area (Å²) in [4.78, 5) is 14.6. The Morgan fingerprint density at radius 2 is 1.81 bits per heavy atom. The summed E-state index contributed by atoms with van der Waals surface area (Å²) in [6.45, 7) is 2.87. The lowest BCUT2D eigenvalue weighted by Gasteiger charge is -2.33. The van der Waals surface area contributed by atoms with Gasteiger partial charge in [0.2, 0.25) is 5.91 Å². The van der Waals surface area contributed by atoms with E-state index in [4.69, 9.17) is 9.47 Å². The van der Waals surface area contributed by atoms with Gasteiger partial charge in [-0.2, -0.15) is 0 Å². The van der Waals surface area contributed by atoms with Crippen molar-refractivity contribution >= 4 is 21.6 Å². The summed E-state index contributed by atoms with van der Waals surface area (Å²) in [5.41, 5.74) is 0.203. The molecule has 0 unspecified atom stereocenters. The van der Waals surface area contributed by atoms with Gasteiger partial charge < -0.3 is 14.4 Å². The van der Waals surface area contributed by atoms with Gasteiger partial charge in [0.05, 0.1) is 24.8 Å². The summed E-state index contributed by atoms with van der Waals surface area (Å²) < 4.78 is 52.0. The summed E-state index contributed by atoms with van der Waals surface area (Å²) in [5.74, 6) is 0.203. The Labute approximate surface area is 182 Å². The number of sulfonamides is 1. The number of carbonyl (C=O) groups excluding carboxylic acids is 1. The Morgan fingerprint density at radius 3 is 2.42 bits per heavy atom. The van der Waals surface area contributed by atoms with E-state index in [2.05, 4.69) is 6.92 Å². The monoisotopic (exact) mass is 450 g/mol. The molecule has 9 heteroatoms.